The maximum atomic E-state index is 10.9. The SMILES string of the molecule is Cc1nn(C)c(C)c1C[C@H](C)Nc1ccc([N+](=O)[O-])c(C#N)c1. The molecule has 23 heavy (non-hydrogen) atoms. The predicted molar refractivity (Wildman–Crippen MR) is 87.3 cm³/mol. The van der Waals surface area contributed by atoms with Gasteiger partial charge in [0, 0.05) is 30.5 Å². The molecule has 2 rings (SSSR count). The molecule has 0 amide bonds. The van der Waals surface area contributed by atoms with Crippen LogP contribution < -0.4 is 5.32 Å². The van der Waals surface area contributed by atoms with Gasteiger partial charge in [-0.15, -0.1) is 0 Å². The summed E-state index contributed by atoms with van der Waals surface area (Å²) in [6.07, 6.45) is 0.782. The van der Waals surface area contributed by atoms with Gasteiger partial charge in [0.05, 0.1) is 10.6 Å². The Labute approximate surface area is 134 Å². The summed E-state index contributed by atoms with van der Waals surface area (Å²) in [4.78, 5) is 10.3. The van der Waals surface area contributed by atoms with Crippen LogP contribution in [-0.2, 0) is 13.5 Å². The number of aromatic nitrogens is 2. The average molecular weight is 313 g/mol. The van der Waals surface area contributed by atoms with Gasteiger partial charge in [0.1, 0.15) is 11.6 Å². The predicted octanol–water partition coefficient (Wildman–Crippen LogP) is 2.86. The van der Waals surface area contributed by atoms with Crippen LogP contribution in [0.5, 0.6) is 0 Å². The highest BCUT2D eigenvalue weighted by atomic mass is 16.6. The minimum absolute atomic E-state index is 0.0564. The third-order valence-electron chi connectivity index (χ3n) is 3.90. The van der Waals surface area contributed by atoms with E-state index in [9.17, 15) is 10.1 Å². The number of hydrogen-bond acceptors (Lipinski definition) is 5. The van der Waals surface area contributed by atoms with Crippen molar-refractivity contribution in [3.8, 4) is 6.07 Å². The van der Waals surface area contributed by atoms with Gasteiger partial charge in [-0.25, -0.2) is 0 Å². The van der Waals surface area contributed by atoms with Crippen molar-refractivity contribution < 1.29 is 4.92 Å². The molecular formula is C16H19N5O2. The third-order valence-corrected chi connectivity index (χ3v) is 3.90. The Hall–Kier alpha value is -2.88. The highest BCUT2D eigenvalue weighted by Crippen LogP contribution is 2.23. The maximum absolute atomic E-state index is 10.9. The van der Waals surface area contributed by atoms with Gasteiger partial charge < -0.3 is 5.32 Å². The van der Waals surface area contributed by atoms with E-state index in [4.69, 9.17) is 5.26 Å². The number of nitrogens with one attached hydrogen (secondary N) is 1. The topological polar surface area (TPSA) is 96.8 Å². The number of nitrogens with zero attached hydrogens (tertiary/aromatic N) is 4. The molecule has 0 aliphatic rings. The molecule has 0 aliphatic carbocycles. The number of aryl methyl sites for hydroxylation is 2. The molecule has 0 unspecified atom stereocenters. The number of nitro benzene ring substituents is 1. The van der Waals surface area contributed by atoms with Gasteiger partial charge in [0.2, 0.25) is 0 Å². The molecule has 7 nitrogen and oxygen atoms in total. The molecule has 120 valence electrons. The Morgan fingerprint density at radius 1 is 1.48 bits per heavy atom. The Balaban J connectivity index is 2.16. The molecule has 0 aliphatic heterocycles. The molecule has 1 heterocycles. The van der Waals surface area contributed by atoms with E-state index in [0.29, 0.717) is 5.69 Å². The zero-order valence-corrected chi connectivity index (χ0v) is 13.6. The Morgan fingerprint density at radius 2 is 2.17 bits per heavy atom. The van der Waals surface area contributed by atoms with Crippen LogP contribution in [0.2, 0.25) is 0 Å². The van der Waals surface area contributed by atoms with Gasteiger partial charge >= 0.3 is 0 Å². The van der Waals surface area contributed by atoms with E-state index in [1.165, 1.54) is 17.7 Å². The van der Waals surface area contributed by atoms with Crippen LogP contribution in [0.1, 0.15) is 29.4 Å². The quantitative estimate of drug-likeness (QED) is 0.676. The van der Waals surface area contributed by atoms with Crippen LogP contribution in [0.3, 0.4) is 0 Å². The van der Waals surface area contributed by atoms with E-state index < -0.39 is 4.92 Å². The molecule has 1 aromatic carbocycles. The van der Waals surface area contributed by atoms with Crippen LogP contribution in [0.4, 0.5) is 11.4 Å². The van der Waals surface area contributed by atoms with Crippen molar-refractivity contribution in [1.82, 2.24) is 9.78 Å². The van der Waals surface area contributed by atoms with E-state index in [1.807, 2.05) is 38.6 Å². The molecule has 0 bridgehead atoms. The van der Waals surface area contributed by atoms with Crippen LogP contribution in [-0.4, -0.2) is 20.7 Å². The van der Waals surface area contributed by atoms with Crippen molar-refractivity contribution in [1.29, 1.82) is 5.26 Å². The summed E-state index contributed by atoms with van der Waals surface area (Å²) in [6.45, 7) is 6.04. The van der Waals surface area contributed by atoms with Gasteiger partial charge in [-0.05, 0) is 44.9 Å². The highest BCUT2D eigenvalue weighted by Gasteiger charge is 2.16. The molecule has 0 radical (unpaired) electrons. The summed E-state index contributed by atoms with van der Waals surface area (Å²) in [7, 11) is 1.92. The molecule has 0 spiro atoms. The van der Waals surface area contributed by atoms with Gasteiger partial charge in [0.25, 0.3) is 5.69 Å². The molecule has 0 saturated carbocycles. The second-order valence-electron chi connectivity index (χ2n) is 5.62. The molecule has 1 aromatic heterocycles. The van der Waals surface area contributed by atoms with Crippen LogP contribution in [0, 0.1) is 35.3 Å². The van der Waals surface area contributed by atoms with Crippen molar-refractivity contribution in [2.75, 3.05) is 5.32 Å². The lowest BCUT2D eigenvalue weighted by molar-refractivity contribution is -0.385. The lowest BCUT2D eigenvalue weighted by Crippen LogP contribution is -2.19. The summed E-state index contributed by atoms with van der Waals surface area (Å²) >= 11 is 0. The fourth-order valence-corrected chi connectivity index (χ4v) is 2.63. The highest BCUT2D eigenvalue weighted by molar-refractivity contribution is 5.59. The smallest absolute Gasteiger partial charge is 0.287 e. The minimum Gasteiger partial charge on any atom is -0.382 e. The first-order valence-corrected chi connectivity index (χ1v) is 7.27. The van der Waals surface area contributed by atoms with Gasteiger partial charge in [-0.1, -0.05) is 0 Å². The Bertz CT molecular complexity index is 788. The summed E-state index contributed by atoms with van der Waals surface area (Å²) in [5.74, 6) is 0. The van der Waals surface area contributed by atoms with Crippen LogP contribution in [0.25, 0.3) is 0 Å². The third kappa shape index (κ3) is 3.48. The zero-order chi connectivity index (χ0) is 17.1. The minimum atomic E-state index is -0.547. The fourth-order valence-electron chi connectivity index (χ4n) is 2.63. The number of nitro groups is 1. The summed E-state index contributed by atoms with van der Waals surface area (Å²) in [5.41, 5.74) is 3.89. The standard InChI is InChI=1S/C16H19N5O2/c1-10(7-15-11(2)19-20(4)12(15)3)18-14-5-6-16(21(22)23)13(8-14)9-17/h5-6,8,10,18H,7H2,1-4H3/t10-/m0/s1. The molecule has 0 fully saturated rings. The van der Waals surface area contributed by atoms with E-state index in [1.54, 1.807) is 6.07 Å². The van der Waals surface area contributed by atoms with E-state index in [0.717, 1.165) is 17.8 Å². The first-order chi connectivity index (χ1) is 10.8. The maximum Gasteiger partial charge on any atom is 0.287 e. The van der Waals surface area contributed by atoms with Crippen molar-refractivity contribution in [3.05, 3.63) is 50.8 Å². The van der Waals surface area contributed by atoms with Crippen molar-refractivity contribution in [3.63, 3.8) is 0 Å². The van der Waals surface area contributed by atoms with Crippen LogP contribution >= 0.6 is 0 Å². The molecule has 1 N–H and O–H groups in total. The number of benzene rings is 1. The van der Waals surface area contributed by atoms with Gasteiger partial charge in [0.15, 0.2) is 0 Å². The summed E-state index contributed by atoms with van der Waals surface area (Å²) < 4.78 is 1.86. The molecule has 2 aromatic rings. The van der Waals surface area contributed by atoms with E-state index >= 15 is 0 Å². The number of hydrogen-bond donors (Lipinski definition) is 1. The molecular weight excluding hydrogens is 294 g/mol. The monoisotopic (exact) mass is 313 g/mol. The normalized spacial score (nSPS) is 11.8. The summed E-state index contributed by atoms with van der Waals surface area (Å²) in [5, 5.41) is 27.6. The van der Waals surface area contributed by atoms with Crippen LogP contribution in [0.15, 0.2) is 18.2 Å². The van der Waals surface area contributed by atoms with E-state index in [-0.39, 0.29) is 17.3 Å². The Morgan fingerprint density at radius 3 is 2.70 bits per heavy atom. The average Bonchev–Trinajstić information content (AvgIpc) is 2.73. The fraction of sp³-hybridized carbons (Fsp3) is 0.375. The number of nitriles is 1. The van der Waals surface area contributed by atoms with Crippen molar-refractivity contribution in [2.45, 2.75) is 33.2 Å². The number of rotatable bonds is 5. The molecule has 0 saturated heterocycles. The lowest BCUT2D eigenvalue weighted by atomic mass is 10.0. The molecule has 7 heteroatoms. The number of anilines is 1. The molecule has 1 atom stereocenters. The zero-order valence-electron chi connectivity index (χ0n) is 13.6. The lowest BCUT2D eigenvalue weighted by Gasteiger charge is -2.16. The van der Waals surface area contributed by atoms with Gasteiger partial charge in [-0.3, -0.25) is 14.8 Å². The first kappa shape index (κ1) is 16.5. The second-order valence-corrected chi connectivity index (χ2v) is 5.62. The van der Waals surface area contributed by atoms with Crippen molar-refractivity contribution in [2.24, 2.45) is 7.05 Å². The van der Waals surface area contributed by atoms with E-state index in [2.05, 4.69) is 10.4 Å². The second kappa shape index (κ2) is 6.48. The first-order valence-electron chi connectivity index (χ1n) is 7.27. The summed E-state index contributed by atoms with van der Waals surface area (Å²) in [6, 6.07) is 6.46. The largest absolute Gasteiger partial charge is 0.382 e. The Kier molecular flexibility index (Phi) is 4.65. The van der Waals surface area contributed by atoms with Gasteiger partial charge in [-0.2, -0.15) is 10.4 Å². The van der Waals surface area contributed by atoms with Crippen molar-refractivity contribution >= 4 is 11.4 Å².